The lowest BCUT2D eigenvalue weighted by atomic mass is 10.0. The second kappa shape index (κ2) is 6.10. The Bertz CT molecular complexity index is 787. The zero-order valence-electron chi connectivity index (χ0n) is 12.8. The Hall–Kier alpha value is -2.49. The summed E-state index contributed by atoms with van der Waals surface area (Å²) in [5.41, 5.74) is 3.01. The minimum absolute atomic E-state index is 0.0258. The SMILES string of the molecule is CC(C)CCc1ccc(C(=O)c2c[nH]c3ncccc23)cn1. The fourth-order valence-corrected chi connectivity index (χ4v) is 2.44. The van der Waals surface area contributed by atoms with Crippen molar-refractivity contribution in [2.24, 2.45) is 5.92 Å². The number of aromatic amines is 1. The second-order valence-corrected chi connectivity index (χ2v) is 5.90. The van der Waals surface area contributed by atoms with Crippen molar-refractivity contribution in [3.63, 3.8) is 0 Å². The van der Waals surface area contributed by atoms with E-state index in [9.17, 15) is 4.79 Å². The maximum Gasteiger partial charge on any atom is 0.196 e. The molecule has 22 heavy (non-hydrogen) atoms. The number of rotatable bonds is 5. The van der Waals surface area contributed by atoms with Gasteiger partial charge in [-0.3, -0.25) is 9.78 Å². The predicted molar refractivity (Wildman–Crippen MR) is 86.9 cm³/mol. The van der Waals surface area contributed by atoms with Gasteiger partial charge in [-0.25, -0.2) is 4.98 Å². The molecule has 0 fully saturated rings. The van der Waals surface area contributed by atoms with Crippen LogP contribution in [0.4, 0.5) is 0 Å². The van der Waals surface area contributed by atoms with E-state index in [4.69, 9.17) is 0 Å². The maximum absolute atomic E-state index is 12.6. The summed E-state index contributed by atoms with van der Waals surface area (Å²) < 4.78 is 0. The molecule has 0 saturated heterocycles. The molecule has 0 aliphatic heterocycles. The van der Waals surface area contributed by atoms with Gasteiger partial charge in [-0.15, -0.1) is 0 Å². The Morgan fingerprint density at radius 2 is 2.09 bits per heavy atom. The van der Waals surface area contributed by atoms with Gasteiger partial charge in [0.25, 0.3) is 0 Å². The molecule has 0 saturated carbocycles. The Balaban J connectivity index is 1.83. The van der Waals surface area contributed by atoms with E-state index in [0.717, 1.165) is 29.6 Å². The Morgan fingerprint density at radius 1 is 1.23 bits per heavy atom. The molecule has 1 N–H and O–H groups in total. The predicted octanol–water partition coefficient (Wildman–Crippen LogP) is 3.78. The first-order valence-electron chi connectivity index (χ1n) is 7.57. The summed E-state index contributed by atoms with van der Waals surface area (Å²) in [5.74, 6) is 0.629. The minimum Gasteiger partial charge on any atom is -0.345 e. The van der Waals surface area contributed by atoms with Gasteiger partial charge in [0, 0.05) is 40.8 Å². The van der Waals surface area contributed by atoms with Gasteiger partial charge in [-0.1, -0.05) is 13.8 Å². The molecule has 3 rings (SSSR count). The van der Waals surface area contributed by atoms with Crippen LogP contribution in [-0.4, -0.2) is 20.7 Å². The van der Waals surface area contributed by atoms with E-state index in [-0.39, 0.29) is 5.78 Å². The third-order valence-corrected chi connectivity index (χ3v) is 3.76. The number of nitrogens with zero attached hydrogens (tertiary/aromatic N) is 2. The van der Waals surface area contributed by atoms with E-state index in [1.54, 1.807) is 18.6 Å². The van der Waals surface area contributed by atoms with Crippen LogP contribution in [0.15, 0.2) is 42.9 Å². The molecule has 3 aromatic heterocycles. The number of hydrogen-bond acceptors (Lipinski definition) is 3. The van der Waals surface area contributed by atoms with Gasteiger partial charge >= 0.3 is 0 Å². The van der Waals surface area contributed by atoms with Crippen LogP contribution in [0.25, 0.3) is 11.0 Å². The molecule has 0 spiro atoms. The van der Waals surface area contributed by atoms with E-state index in [0.29, 0.717) is 17.0 Å². The Kier molecular flexibility index (Phi) is 4.00. The molecule has 0 bridgehead atoms. The number of ketones is 1. The van der Waals surface area contributed by atoms with Crippen LogP contribution >= 0.6 is 0 Å². The maximum atomic E-state index is 12.6. The highest BCUT2D eigenvalue weighted by atomic mass is 16.1. The minimum atomic E-state index is -0.0258. The normalized spacial score (nSPS) is 11.2. The van der Waals surface area contributed by atoms with Gasteiger partial charge in [0.15, 0.2) is 5.78 Å². The molecule has 0 unspecified atom stereocenters. The van der Waals surface area contributed by atoms with Gasteiger partial charge in [-0.2, -0.15) is 0 Å². The first-order chi connectivity index (χ1) is 10.6. The molecule has 0 amide bonds. The van der Waals surface area contributed by atoms with Crippen molar-refractivity contribution in [2.75, 3.05) is 0 Å². The van der Waals surface area contributed by atoms with Gasteiger partial charge in [-0.05, 0) is 43.0 Å². The van der Waals surface area contributed by atoms with E-state index in [1.165, 1.54) is 0 Å². The number of carbonyl (C=O) groups excluding carboxylic acids is 1. The highest BCUT2D eigenvalue weighted by Crippen LogP contribution is 2.19. The lowest BCUT2D eigenvalue weighted by molar-refractivity contribution is 0.104. The molecule has 0 aromatic carbocycles. The molecule has 0 atom stereocenters. The van der Waals surface area contributed by atoms with Crippen molar-refractivity contribution < 1.29 is 4.79 Å². The summed E-state index contributed by atoms with van der Waals surface area (Å²) in [4.78, 5) is 24.3. The molecule has 4 heteroatoms. The standard InChI is InChI=1S/C18H19N3O/c1-12(2)5-7-14-8-6-13(10-20-14)17(22)16-11-21-18-15(16)4-3-9-19-18/h3-4,6,8-12H,5,7H2,1-2H3,(H,19,21). The third-order valence-electron chi connectivity index (χ3n) is 3.76. The van der Waals surface area contributed by atoms with Crippen molar-refractivity contribution >= 4 is 16.8 Å². The highest BCUT2D eigenvalue weighted by molar-refractivity contribution is 6.15. The quantitative estimate of drug-likeness (QED) is 0.728. The molecule has 112 valence electrons. The average molecular weight is 293 g/mol. The van der Waals surface area contributed by atoms with E-state index in [1.807, 2.05) is 24.3 Å². The number of H-pyrrole nitrogens is 1. The number of fused-ring (bicyclic) bond motifs is 1. The van der Waals surface area contributed by atoms with Crippen molar-refractivity contribution in [3.05, 3.63) is 59.7 Å². The third kappa shape index (κ3) is 2.91. The summed E-state index contributed by atoms with van der Waals surface area (Å²) in [6.45, 7) is 4.39. The van der Waals surface area contributed by atoms with Gasteiger partial charge in [0.2, 0.25) is 0 Å². The molecule has 4 nitrogen and oxygen atoms in total. The Labute approximate surface area is 129 Å². The first kappa shape index (κ1) is 14.4. The van der Waals surface area contributed by atoms with Crippen molar-refractivity contribution in [1.29, 1.82) is 0 Å². The lowest BCUT2D eigenvalue weighted by Gasteiger charge is -2.05. The summed E-state index contributed by atoms with van der Waals surface area (Å²) in [6.07, 6.45) is 7.15. The van der Waals surface area contributed by atoms with Crippen LogP contribution in [0.1, 0.15) is 41.9 Å². The van der Waals surface area contributed by atoms with Crippen LogP contribution in [0, 0.1) is 5.92 Å². The van der Waals surface area contributed by atoms with E-state index in [2.05, 4.69) is 28.8 Å². The smallest absolute Gasteiger partial charge is 0.196 e. The van der Waals surface area contributed by atoms with Crippen molar-refractivity contribution in [2.45, 2.75) is 26.7 Å². The molecule has 0 aliphatic rings. The zero-order valence-corrected chi connectivity index (χ0v) is 12.8. The topological polar surface area (TPSA) is 58.6 Å². The van der Waals surface area contributed by atoms with Crippen molar-refractivity contribution in [1.82, 2.24) is 15.0 Å². The number of carbonyl (C=O) groups is 1. The lowest BCUT2D eigenvalue weighted by Crippen LogP contribution is -2.03. The zero-order chi connectivity index (χ0) is 15.5. The number of pyridine rings is 2. The summed E-state index contributed by atoms with van der Waals surface area (Å²) in [5, 5.41) is 0.844. The van der Waals surface area contributed by atoms with Crippen LogP contribution in [0.5, 0.6) is 0 Å². The molecular weight excluding hydrogens is 274 g/mol. The number of aryl methyl sites for hydroxylation is 1. The largest absolute Gasteiger partial charge is 0.345 e. The van der Waals surface area contributed by atoms with Crippen LogP contribution in [-0.2, 0) is 6.42 Å². The van der Waals surface area contributed by atoms with E-state index >= 15 is 0 Å². The number of nitrogens with one attached hydrogen (secondary N) is 1. The second-order valence-electron chi connectivity index (χ2n) is 5.90. The van der Waals surface area contributed by atoms with Crippen LogP contribution in [0.3, 0.4) is 0 Å². The molecule has 3 aromatic rings. The molecular formula is C18H19N3O. The van der Waals surface area contributed by atoms with Crippen LogP contribution in [0.2, 0.25) is 0 Å². The number of hydrogen-bond donors (Lipinski definition) is 1. The molecule has 3 heterocycles. The fraction of sp³-hybridized carbons (Fsp3) is 0.278. The first-order valence-corrected chi connectivity index (χ1v) is 7.57. The summed E-state index contributed by atoms with van der Waals surface area (Å²) >= 11 is 0. The molecule has 0 aliphatic carbocycles. The molecule has 0 radical (unpaired) electrons. The van der Waals surface area contributed by atoms with E-state index < -0.39 is 0 Å². The monoisotopic (exact) mass is 293 g/mol. The Morgan fingerprint density at radius 3 is 2.82 bits per heavy atom. The van der Waals surface area contributed by atoms with Gasteiger partial charge in [0.05, 0.1) is 0 Å². The van der Waals surface area contributed by atoms with Crippen LogP contribution < -0.4 is 0 Å². The average Bonchev–Trinajstić information content (AvgIpc) is 2.97. The van der Waals surface area contributed by atoms with Gasteiger partial charge in [0.1, 0.15) is 5.65 Å². The number of aromatic nitrogens is 3. The van der Waals surface area contributed by atoms with Crippen molar-refractivity contribution in [3.8, 4) is 0 Å². The fourth-order valence-electron chi connectivity index (χ4n) is 2.44. The summed E-state index contributed by atoms with van der Waals surface area (Å²) in [6, 6.07) is 7.54. The summed E-state index contributed by atoms with van der Waals surface area (Å²) in [7, 11) is 0. The highest BCUT2D eigenvalue weighted by Gasteiger charge is 2.14. The van der Waals surface area contributed by atoms with Gasteiger partial charge < -0.3 is 4.98 Å².